The van der Waals surface area contributed by atoms with Crippen LogP contribution in [0.4, 0.5) is 0 Å². The summed E-state index contributed by atoms with van der Waals surface area (Å²) in [6, 6.07) is 23.2. The minimum Gasteiger partial charge on any atom is -0.465 e. The molecule has 0 N–H and O–H groups in total. The Bertz CT molecular complexity index is 990. The van der Waals surface area contributed by atoms with Crippen LogP contribution in [0.1, 0.15) is 49.7 Å². The highest BCUT2D eigenvalue weighted by Gasteiger charge is 2.59. The molecule has 0 heterocycles. The molecule has 0 radical (unpaired) electrons. The minimum atomic E-state index is -1.50. The van der Waals surface area contributed by atoms with Gasteiger partial charge in [0.2, 0.25) is 0 Å². The van der Waals surface area contributed by atoms with Gasteiger partial charge in [-0.15, -0.1) is 0 Å². The summed E-state index contributed by atoms with van der Waals surface area (Å²) in [6.07, 6.45) is 0.632. The fraction of sp³-hybridized carbons (Fsp3) is 0.407. The van der Waals surface area contributed by atoms with E-state index in [0.29, 0.717) is 12.8 Å². The van der Waals surface area contributed by atoms with Crippen molar-refractivity contribution < 1.29 is 19.1 Å². The van der Waals surface area contributed by atoms with Crippen molar-refractivity contribution in [1.29, 1.82) is 10.5 Å². The number of ether oxygens (including phenoxy) is 2. The number of hydrogen-bond donors (Lipinski definition) is 0. The van der Waals surface area contributed by atoms with Gasteiger partial charge in [-0.2, -0.15) is 10.5 Å². The highest BCUT2D eigenvalue weighted by Crippen LogP contribution is 2.58. The van der Waals surface area contributed by atoms with Crippen molar-refractivity contribution in [3.8, 4) is 12.1 Å². The summed E-state index contributed by atoms with van der Waals surface area (Å²) in [4.78, 5) is 26.1. The monoisotopic (exact) mass is 444 g/mol. The fourth-order valence-electron chi connectivity index (χ4n) is 5.08. The summed E-state index contributed by atoms with van der Waals surface area (Å²) in [5, 5.41) is 20.4. The molecule has 6 heteroatoms. The Kier molecular flexibility index (Phi) is 7.85. The van der Waals surface area contributed by atoms with Crippen molar-refractivity contribution in [2.24, 2.45) is 17.3 Å². The molecule has 0 bridgehead atoms. The fourth-order valence-corrected chi connectivity index (χ4v) is 5.08. The Balaban J connectivity index is 2.21. The Labute approximate surface area is 194 Å². The van der Waals surface area contributed by atoms with Gasteiger partial charge in [-0.3, -0.25) is 9.59 Å². The van der Waals surface area contributed by atoms with Crippen LogP contribution in [0, 0.1) is 39.9 Å². The number of carbonyl (C=O) groups is 2. The van der Waals surface area contributed by atoms with E-state index < -0.39 is 35.1 Å². The first-order valence-electron chi connectivity index (χ1n) is 11.3. The largest absolute Gasteiger partial charge is 0.465 e. The van der Waals surface area contributed by atoms with Crippen molar-refractivity contribution >= 4 is 11.9 Å². The highest BCUT2D eigenvalue weighted by molar-refractivity contribution is 5.84. The van der Waals surface area contributed by atoms with Gasteiger partial charge in [0.25, 0.3) is 0 Å². The standard InChI is InChI=1S/C27H28N2O4/c1-3-32-25(30)22(17-28)21-15-23(19-11-7-5-8-12-19)27(18-29,26(31)33-4-2)24(16-21)20-13-9-6-10-14-20/h5-14,21-24H,3-4,15-16H2,1-2H3/t21?,22?,23-,24+,27?. The zero-order valence-corrected chi connectivity index (χ0v) is 18.9. The van der Waals surface area contributed by atoms with Crippen LogP contribution in [-0.2, 0) is 19.1 Å². The number of hydrogen-bond acceptors (Lipinski definition) is 6. The molecule has 0 aliphatic heterocycles. The van der Waals surface area contributed by atoms with Crippen molar-refractivity contribution in [2.75, 3.05) is 13.2 Å². The second-order valence-electron chi connectivity index (χ2n) is 8.22. The van der Waals surface area contributed by atoms with Gasteiger partial charge in [0, 0.05) is 11.8 Å². The molecule has 6 nitrogen and oxygen atoms in total. The third-order valence-electron chi connectivity index (χ3n) is 6.53. The maximum absolute atomic E-state index is 13.5. The highest BCUT2D eigenvalue weighted by atomic mass is 16.5. The summed E-state index contributed by atoms with van der Waals surface area (Å²) in [6.45, 7) is 3.75. The van der Waals surface area contributed by atoms with E-state index in [1.54, 1.807) is 13.8 Å². The number of nitriles is 2. The lowest BCUT2D eigenvalue weighted by atomic mass is 9.53. The third kappa shape index (κ3) is 4.61. The van der Waals surface area contributed by atoms with Crippen LogP contribution >= 0.6 is 0 Å². The summed E-state index contributed by atoms with van der Waals surface area (Å²) in [7, 11) is 0. The van der Waals surface area contributed by atoms with Crippen LogP contribution in [0.15, 0.2) is 60.7 Å². The molecule has 1 saturated carbocycles. The number of rotatable bonds is 7. The van der Waals surface area contributed by atoms with Crippen molar-refractivity contribution in [3.05, 3.63) is 71.8 Å². The third-order valence-corrected chi connectivity index (χ3v) is 6.53. The van der Waals surface area contributed by atoms with E-state index in [4.69, 9.17) is 9.47 Å². The summed E-state index contributed by atoms with van der Waals surface area (Å²) in [5.41, 5.74) is 0.112. The average Bonchev–Trinajstić information content (AvgIpc) is 2.85. The number of benzene rings is 2. The van der Waals surface area contributed by atoms with Gasteiger partial charge in [0.15, 0.2) is 5.41 Å². The van der Waals surface area contributed by atoms with Gasteiger partial charge in [-0.25, -0.2) is 0 Å². The topological polar surface area (TPSA) is 100 Å². The SMILES string of the molecule is CCOC(=O)C(C#N)C1C[C@H](c2ccccc2)C(C#N)(C(=O)OCC)[C@H](c2ccccc2)C1. The van der Waals surface area contributed by atoms with E-state index in [1.807, 2.05) is 60.7 Å². The van der Waals surface area contributed by atoms with Gasteiger partial charge in [-0.1, -0.05) is 60.7 Å². The van der Waals surface area contributed by atoms with Crippen LogP contribution in [-0.4, -0.2) is 25.2 Å². The number of nitrogens with zero attached hydrogens (tertiary/aromatic N) is 2. The van der Waals surface area contributed by atoms with E-state index in [2.05, 4.69) is 12.1 Å². The van der Waals surface area contributed by atoms with E-state index in [0.717, 1.165) is 11.1 Å². The zero-order valence-electron chi connectivity index (χ0n) is 18.9. The molecule has 3 rings (SSSR count). The molecular formula is C27H28N2O4. The van der Waals surface area contributed by atoms with Crippen molar-refractivity contribution in [1.82, 2.24) is 0 Å². The molecule has 0 aromatic heterocycles. The van der Waals surface area contributed by atoms with Gasteiger partial charge in [0.1, 0.15) is 5.92 Å². The minimum absolute atomic E-state index is 0.151. The van der Waals surface area contributed by atoms with Gasteiger partial charge >= 0.3 is 11.9 Å². The average molecular weight is 445 g/mol. The molecule has 1 fully saturated rings. The summed E-state index contributed by atoms with van der Waals surface area (Å²) >= 11 is 0. The maximum Gasteiger partial charge on any atom is 0.327 e. The molecule has 3 unspecified atom stereocenters. The van der Waals surface area contributed by atoms with Crippen LogP contribution in [0.5, 0.6) is 0 Å². The van der Waals surface area contributed by atoms with E-state index in [9.17, 15) is 20.1 Å². The lowest BCUT2D eigenvalue weighted by Gasteiger charge is -2.47. The summed E-state index contributed by atoms with van der Waals surface area (Å²) < 4.78 is 10.6. The van der Waals surface area contributed by atoms with Gasteiger partial charge in [0.05, 0.1) is 25.4 Å². The van der Waals surface area contributed by atoms with Crippen LogP contribution in [0.3, 0.4) is 0 Å². The Morgan fingerprint density at radius 1 is 0.909 bits per heavy atom. The Morgan fingerprint density at radius 3 is 1.79 bits per heavy atom. The molecule has 0 amide bonds. The van der Waals surface area contributed by atoms with Crippen LogP contribution in [0.2, 0.25) is 0 Å². The second-order valence-corrected chi connectivity index (χ2v) is 8.22. The van der Waals surface area contributed by atoms with Crippen LogP contribution in [0.25, 0.3) is 0 Å². The molecular weight excluding hydrogens is 416 g/mol. The number of esters is 2. The smallest absolute Gasteiger partial charge is 0.327 e. The predicted octanol–water partition coefficient (Wildman–Crippen LogP) is 4.74. The van der Waals surface area contributed by atoms with E-state index >= 15 is 0 Å². The Hall–Kier alpha value is -3.64. The molecule has 1 aliphatic rings. The van der Waals surface area contributed by atoms with Crippen LogP contribution < -0.4 is 0 Å². The molecule has 1 aliphatic carbocycles. The summed E-state index contributed by atoms with van der Waals surface area (Å²) in [5.74, 6) is -3.63. The first-order valence-corrected chi connectivity index (χ1v) is 11.3. The number of carbonyl (C=O) groups excluding carboxylic acids is 2. The quantitative estimate of drug-likeness (QED) is 0.572. The Morgan fingerprint density at radius 2 is 1.39 bits per heavy atom. The molecule has 0 spiro atoms. The predicted molar refractivity (Wildman–Crippen MR) is 122 cm³/mol. The van der Waals surface area contributed by atoms with Gasteiger partial charge < -0.3 is 9.47 Å². The van der Waals surface area contributed by atoms with E-state index in [1.165, 1.54) is 0 Å². The normalized spacial score (nSPS) is 25.2. The maximum atomic E-state index is 13.5. The molecule has 33 heavy (non-hydrogen) atoms. The first kappa shape index (κ1) is 24.0. The van der Waals surface area contributed by atoms with E-state index in [-0.39, 0.29) is 19.1 Å². The first-order chi connectivity index (χ1) is 16.0. The second kappa shape index (κ2) is 10.8. The molecule has 5 atom stereocenters. The zero-order chi connectivity index (χ0) is 23.8. The van der Waals surface area contributed by atoms with Crippen molar-refractivity contribution in [2.45, 2.75) is 38.5 Å². The van der Waals surface area contributed by atoms with Crippen molar-refractivity contribution in [3.63, 3.8) is 0 Å². The lowest BCUT2D eigenvalue weighted by molar-refractivity contribution is -0.157. The lowest BCUT2D eigenvalue weighted by Crippen LogP contribution is -2.49. The van der Waals surface area contributed by atoms with Gasteiger partial charge in [-0.05, 0) is 43.7 Å². The molecule has 2 aromatic carbocycles. The molecule has 0 saturated heterocycles. The molecule has 170 valence electrons. The molecule has 2 aromatic rings.